The number of carbonyl (C=O) groups excluding carboxylic acids is 1. The monoisotopic (exact) mass is 245 g/mol. The highest BCUT2D eigenvalue weighted by molar-refractivity contribution is 5.91. The number of anilines is 1. The first-order valence-electron chi connectivity index (χ1n) is 5.70. The van der Waals surface area contributed by atoms with E-state index in [9.17, 15) is 4.79 Å². The molecule has 0 spiro atoms. The summed E-state index contributed by atoms with van der Waals surface area (Å²) in [5.41, 5.74) is 7.79. The van der Waals surface area contributed by atoms with Gasteiger partial charge in [0.1, 0.15) is 0 Å². The fourth-order valence-corrected chi connectivity index (χ4v) is 1.68. The number of nitrogens with one attached hydrogen (secondary N) is 1. The molecule has 2 aromatic rings. The van der Waals surface area contributed by atoms with Crippen molar-refractivity contribution in [2.45, 2.75) is 13.5 Å². The predicted octanol–water partition coefficient (Wildman–Crippen LogP) is 1.05. The van der Waals surface area contributed by atoms with Crippen LogP contribution in [0, 0.1) is 0 Å². The second-order valence-corrected chi connectivity index (χ2v) is 3.87. The second kappa shape index (κ2) is 5.31. The molecule has 6 heteroatoms. The molecule has 0 aliphatic heterocycles. The first kappa shape index (κ1) is 12.1. The quantitative estimate of drug-likeness (QED) is 0.788. The molecule has 2 rings (SSSR count). The molecule has 1 aromatic heterocycles. The molecule has 0 saturated heterocycles. The largest absolute Gasteiger partial charge is 0.398 e. The van der Waals surface area contributed by atoms with Crippen LogP contribution in [0.25, 0.3) is 0 Å². The number of hydrogen-bond acceptors (Lipinski definition) is 4. The lowest BCUT2D eigenvalue weighted by Gasteiger charge is -2.20. The molecular formula is C12H15N5O. The summed E-state index contributed by atoms with van der Waals surface area (Å²) in [4.78, 5) is 13.8. The first-order valence-corrected chi connectivity index (χ1v) is 5.70. The summed E-state index contributed by atoms with van der Waals surface area (Å²) in [5.74, 6) is -0.158. The number of amides is 1. The molecule has 6 nitrogen and oxygen atoms in total. The van der Waals surface area contributed by atoms with E-state index in [0.29, 0.717) is 24.5 Å². The van der Waals surface area contributed by atoms with E-state index in [1.807, 2.05) is 31.2 Å². The number of nitrogens with zero attached hydrogens (tertiary/aromatic N) is 3. The van der Waals surface area contributed by atoms with E-state index in [0.717, 1.165) is 5.56 Å². The van der Waals surface area contributed by atoms with E-state index in [1.165, 1.54) is 6.20 Å². The van der Waals surface area contributed by atoms with Crippen LogP contribution >= 0.6 is 0 Å². The van der Waals surface area contributed by atoms with Crippen LogP contribution in [0.4, 0.5) is 5.69 Å². The van der Waals surface area contributed by atoms with Crippen molar-refractivity contribution in [1.82, 2.24) is 20.3 Å². The van der Waals surface area contributed by atoms with Crippen LogP contribution in [0.5, 0.6) is 0 Å². The molecule has 0 atom stereocenters. The smallest absolute Gasteiger partial charge is 0.276 e. The summed E-state index contributed by atoms with van der Waals surface area (Å²) in [6.07, 6.45) is 1.42. The topological polar surface area (TPSA) is 87.9 Å². The Kier molecular flexibility index (Phi) is 3.57. The Balaban J connectivity index is 2.15. The summed E-state index contributed by atoms with van der Waals surface area (Å²) in [7, 11) is 0. The number of benzene rings is 1. The third kappa shape index (κ3) is 2.48. The summed E-state index contributed by atoms with van der Waals surface area (Å²) in [5, 5.41) is 9.86. The Morgan fingerprint density at radius 2 is 2.22 bits per heavy atom. The van der Waals surface area contributed by atoms with Crippen molar-refractivity contribution in [1.29, 1.82) is 0 Å². The third-order valence-corrected chi connectivity index (χ3v) is 2.72. The van der Waals surface area contributed by atoms with Gasteiger partial charge < -0.3 is 10.6 Å². The fourth-order valence-electron chi connectivity index (χ4n) is 1.68. The minimum absolute atomic E-state index is 0.158. The van der Waals surface area contributed by atoms with Gasteiger partial charge in [0.25, 0.3) is 5.91 Å². The fraction of sp³-hybridized carbons (Fsp3) is 0.250. The van der Waals surface area contributed by atoms with E-state index < -0.39 is 0 Å². The lowest BCUT2D eigenvalue weighted by atomic mass is 10.1. The van der Waals surface area contributed by atoms with Gasteiger partial charge >= 0.3 is 0 Å². The van der Waals surface area contributed by atoms with Gasteiger partial charge in [0.2, 0.25) is 0 Å². The molecule has 18 heavy (non-hydrogen) atoms. The zero-order valence-corrected chi connectivity index (χ0v) is 10.1. The maximum Gasteiger partial charge on any atom is 0.276 e. The molecule has 0 bridgehead atoms. The number of nitrogen functional groups attached to an aromatic ring is 1. The number of hydrogen-bond donors (Lipinski definition) is 2. The molecule has 3 N–H and O–H groups in total. The molecule has 1 aromatic carbocycles. The van der Waals surface area contributed by atoms with Crippen LogP contribution in [-0.4, -0.2) is 32.8 Å². The zero-order chi connectivity index (χ0) is 13.0. The summed E-state index contributed by atoms with van der Waals surface area (Å²) in [6.45, 7) is 2.96. The molecule has 0 aliphatic rings. The van der Waals surface area contributed by atoms with Gasteiger partial charge in [0.15, 0.2) is 5.69 Å². The van der Waals surface area contributed by atoms with Crippen molar-refractivity contribution in [3.05, 3.63) is 41.7 Å². The van der Waals surface area contributed by atoms with E-state index in [1.54, 1.807) is 4.90 Å². The minimum Gasteiger partial charge on any atom is -0.398 e. The van der Waals surface area contributed by atoms with Crippen LogP contribution in [-0.2, 0) is 6.54 Å². The Morgan fingerprint density at radius 3 is 2.83 bits per heavy atom. The number of para-hydroxylation sites is 1. The molecule has 0 saturated carbocycles. The Bertz CT molecular complexity index is 523. The summed E-state index contributed by atoms with van der Waals surface area (Å²) in [6, 6.07) is 7.51. The predicted molar refractivity (Wildman–Crippen MR) is 67.7 cm³/mol. The van der Waals surface area contributed by atoms with Crippen LogP contribution in [0.1, 0.15) is 23.0 Å². The summed E-state index contributed by atoms with van der Waals surface area (Å²) >= 11 is 0. The van der Waals surface area contributed by atoms with Crippen LogP contribution in [0.15, 0.2) is 30.5 Å². The Morgan fingerprint density at radius 1 is 1.44 bits per heavy atom. The van der Waals surface area contributed by atoms with Crippen molar-refractivity contribution in [2.24, 2.45) is 0 Å². The van der Waals surface area contributed by atoms with Crippen molar-refractivity contribution < 1.29 is 4.79 Å². The molecule has 0 unspecified atom stereocenters. The molecule has 0 fully saturated rings. The third-order valence-electron chi connectivity index (χ3n) is 2.72. The van der Waals surface area contributed by atoms with Crippen molar-refractivity contribution >= 4 is 11.6 Å². The zero-order valence-electron chi connectivity index (χ0n) is 10.1. The minimum atomic E-state index is -0.158. The number of H-pyrrole nitrogens is 1. The van der Waals surface area contributed by atoms with Gasteiger partial charge in [-0.15, -0.1) is 0 Å². The second-order valence-electron chi connectivity index (χ2n) is 3.87. The van der Waals surface area contributed by atoms with Crippen LogP contribution < -0.4 is 5.73 Å². The van der Waals surface area contributed by atoms with Crippen LogP contribution in [0.3, 0.4) is 0 Å². The van der Waals surface area contributed by atoms with Crippen molar-refractivity contribution in [3.63, 3.8) is 0 Å². The van der Waals surface area contributed by atoms with E-state index in [-0.39, 0.29) is 5.91 Å². The number of carbonyl (C=O) groups is 1. The molecule has 94 valence electrons. The molecule has 1 amide bonds. The van der Waals surface area contributed by atoms with E-state index >= 15 is 0 Å². The van der Waals surface area contributed by atoms with E-state index in [2.05, 4.69) is 15.4 Å². The summed E-state index contributed by atoms with van der Waals surface area (Å²) < 4.78 is 0. The number of aromatic nitrogens is 3. The highest BCUT2D eigenvalue weighted by Gasteiger charge is 2.17. The standard InChI is InChI=1S/C12H15N5O/c1-2-17(12(18)11-7-14-16-15-11)8-9-5-3-4-6-10(9)13/h3-7H,2,8,13H2,1H3,(H,14,15,16). The van der Waals surface area contributed by atoms with Gasteiger partial charge in [0.05, 0.1) is 6.20 Å². The Labute approximate surface area is 105 Å². The van der Waals surface area contributed by atoms with Gasteiger partial charge in [-0.25, -0.2) is 0 Å². The van der Waals surface area contributed by atoms with Crippen molar-refractivity contribution in [3.8, 4) is 0 Å². The number of nitrogens with two attached hydrogens (primary N) is 1. The maximum absolute atomic E-state index is 12.1. The van der Waals surface area contributed by atoms with Crippen molar-refractivity contribution in [2.75, 3.05) is 12.3 Å². The molecule has 0 aliphatic carbocycles. The van der Waals surface area contributed by atoms with Gasteiger partial charge in [-0.1, -0.05) is 18.2 Å². The van der Waals surface area contributed by atoms with Gasteiger partial charge in [0, 0.05) is 18.8 Å². The maximum atomic E-state index is 12.1. The lowest BCUT2D eigenvalue weighted by Crippen LogP contribution is -2.30. The SMILES string of the molecule is CCN(Cc1ccccc1N)C(=O)c1cn[nH]n1. The van der Waals surface area contributed by atoms with Gasteiger partial charge in [-0.3, -0.25) is 4.79 Å². The van der Waals surface area contributed by atoms with Crippen LogP contribution in [0.2, 0.25) is 0 Å². The normalized spacial score (nSPS) is 10.3. The van der Waals surface area contributed by atoms with E-state index in [4.69, 9.17) is 5.73 Å². The number of rotatable bonds is 4. The van der Waals surface area contributed by atoms with Gasteiger partial charge in [-0.2, -0.15) is 15.4 Å². The highest BCUT2D eigenvalue weighted by atomic mass is 16.2. The molecular weight excluding hydrogens is 230 g/mol. The Hall–Kier alpha value is -2.37. The average Bonchev–Trinajstić information content (AvgIpc) is 2.91. The average molecular weight is 245 g/mol. The first-order chi connectivity index (χ1) is 8.72. The van der Waals surface area contributed by atoms with Gasteiger partial charge in [-0.05, 0) is 18.6 Å². The molecule has 1 heterocycles. The highest BCUT2D eigenvalue weighted by Crippen LogP contribution is 2.14. The number of aromatic amines is 1. The lowest BCUT2D eigenvalue weighted by molar-refractivity contribution is 0.0747. The molecule has 0 radical (unpaired) electrons.